The summed E-state index contributed by atoms with van der Waals surface area (Å²) < 4.78 is 24.5. The van der Waals surface area contributed by atoms with Crippen LogP contribution in [0.1, 0.15) is 53.4 Å². The first-order chi connectivity index (χ1) is 10.5. The molecule has 0 fully saturated rings. The van der Waals surface area contributed by atoms with E-state index >= 15 is 0 Å². The fourth-order valence-corrected chi connectivity index (χ4v) is 2.27. The first-order valence-corrected chi connectivity index (χ1v) is 9.60. The Hall–Kier alpha value is -0.680. The van der Waals surface area contributed by atoms with Crippen molar-refractivity contribution >= 4 is 7.82 Å². The number of hydrogen-bond donors (Lipinski definition) is 0. The highest BCUT2D eigenvalue weighted by Gasteiger charge is 2.07. The monoisotopic (exact) mass is 334 g/mol. The van der Waals surface area contributed by atoms with Crippen LogP contribution in [0.5, 0.6) is 0 Å². The quantitative estimate of drug-likeness (QED) is 0.375. The van der Waals surface area contributed by atoms with Crippen LogP contribution in [0.4, 0.5) is 0 Å². The van der Waals surface area contributed by atoms with E-state index in [4.69, 9.17) is 0 Å². The van der Waals surface area contributed by atoms with Gasteiger partial charge in [0.15, 0.2) is 0 Å². The van der Waals surface area contributed by atoms with Crippen LogP contribution in [0.3, 0.4) is 0 Å². The van der Waals surface area contributed by atoms with Gasteiger partial charge in [-0.2, -0.15) is 0 Å². The average Bonchev–Trinajstić information content (AvgIpc) is 2.96. The highest BCUT2D eigenvalue weighted by Crippen LogP contribution is 2.38. The molecule has 0 spiro atoms. The summed E-state index contributed by atoms with van der Waals surface area (Å²) in [5.74, 6) is 0. The predicted octanol–water partition coefficient (Wildman–Crippen LogP) is 2.90. The largest absolute Gasteiger partial charge is 0.756 e. The van der Waals surface area contributed by atoms with Crippen LogP contribution in [0.25, 0.3) is 0 Å². The minimum atomic E-state index is -4.00. The molecule has 0 aliphatic carbocycles. The Morgan fingerprint density at radius 2 is 1.64 bits per heavy atom. The summed E-state index contributed by atoms with van der Waals surface area (Å²) in [6.45, 7) is 10.8. The number of rotatable bonds is 10. The van der Waals surface area contributed by atoms with E-state index in [-0.39, 0.29) is 13.2 Å². The first kappa shape index (κ1) is 21.3. The van der Waals surface area contributed by atoms with Crippen molar-refractivity contribution in [3.05, 3.63) is 18.7 Å². The predicted molar refractivity (Wildman–Crippen MR) is 85.3 cm³/mol. The maximum absolute atomic E-state index is 11.0. The van der Waals surface area contributed by atoms with Crippen LogP contribution in [0.2, 0.25) is 0 Å². The third-order valence-corrected chi connectivity index (χ3v) is 3.97. The number of unbranched alkanes of at least 4 members (excludes halogenated alkanes) is 2. The standard InChI is InChI=1S/C8H19O4P.C7H13N2/c1-3-5-7-11-13(9,10)12-8-6-4-2;1-3-8-5-6-9(4-2)7-8/h3-8H2,1-2H3,(H,9,10);5-7H,3-4H2,1-2H3/q;+1/p-1. The first-order valence-electron chi connectivity index (χ1n) is 8.13. The number of phosphoric ester groups is 1. The molecule has 0 amide bonds. The van der Waals surface area contributed by atoms with Gasteiger partial charge in [-0.05, 0) is 26.7 Å². The molecule has 0 aliphatic rings. The summed E-state index contributed by atoms with van der Waals surface area (Å²) in [5.41, 5.74) is 0. The van der Waals surface area contributed by atoms with Crippen LogP contribution in [0, 0.1) is 0 Å². The summed E-state index contributed by atoms with van der Waals surface area (Å²) >= 11 is 0. The van der Waals surface area contributed by atoms with Gasteiger partial charge in [-0.15, -0.1) is 0 Å². The summed E-state index contributed by atoms with van der Waals surface area (Å²) in [6.07, 6.45) is 9.59. The van der Waals surface area contributed by atoms with E-state index < -0.39 is 7.82 Å². The van der Waals surface area contributed by atoms with Gasteiger partial charge in [0.25, 0.3) is 7.82 Å². The molecule has 1 aromatic rings. The van der Waals surface area contributed by atoms with Crippen LogP contribution in [-0.2, 0) is 26.7 Å². The highest BCUT2D eigenvalue weighted by atomic mass is 31.2. The zero-order valence-corrected chi connectivity index (χ0v) is 15.3. The molecule has 1 rings (SSSR count). The topological polar surface area (TPSA) is 67.4 Å². The van der Waals surface area contributed by atoms with Gasteiger partial charge in [0, 0.05) is 0 Å². The molecule has 0 radical (unpaired) electrons. The molecule has 1 heterocycles. The van der Waals surface area contributed by atoms with E-state index in [1.54, 1.807) is 0 Å². The Bertz CT molecular complexity index is 391. The van der Waals surface area contributed by atoms with Crippen LogP contribution in [-0.4, -0.2) is 17.8 Å². The van der Waals surface area contributed by atoms with E-state index in [1.165, 1.54) is 0 Å². The van der Waals surface area contributed by atoms with Gasteiger partial charge >= 0.3 is 0 Å². The zero-order valence-electron chi connectivity index (χ0n) is 14.4. The molecule has 1 aromatic heterocycles. The van der Waals surface area contributed by atoms with E-state index in [0.29, 0.717) is 0 Å². The molecule has 7 heteroatoms. The van der Waals surface area contributed by atoms with Crippen molar-refractivity contribution in [1.29, 1.82) is 0 Å². The maximum atomic E-state index is 11.0. The Labute approximate surface area is 134 Å². The highest BCUT2D eigenvalue weighted by molar-refractivity contribution is 7.45. The van der Waals surface area contributed by atoms with Gasteiger partial charge in [-0.1, -0.05) is 26.7 Å². The molecule has 0 bridgehead atoms. The Kier molecular flexibility index (Phi) is 12.4. The molecule has 0 N–H and O–H groups in total. The number of aryl methyl sites for hydroxylation is 2. The SMILES string of the molecule is CCCCOP(=O)([O-])OCCCC.CCn1cc[n+](CC)c1. The molecule has 6 nitrogen and oxygen atoms in total. The van der Waals surface area contributed by atoms with Crippen molar-refractivity contribution < 1.29 is 23.1 Å². The molecule has 0 aromatic carbocycles. The summed E-state index contributed by atoms with van der Waals surface area (Å²) in [5, 5.41) is 0. The molecule has 130 valence electrons. The Balaban J connectivity index is 0.000000425. The molecule has 0 atom stereocenters. The zero-order chi connectivity index (χ0) is 16.8. The van der Waals surface area contributed by atoms with Crippen LogP contribution >= 0.6 is 7.82 Å². The second-order valence-electron chi connectivity index (χ2n) is 4.90. The number of hydrogen-bond acceptors (Lipinski definition) is 4. The minimum absolute atomic E-state index is 0.226. The van der Waals surface area contributed by atoms with Gasteiger partial charge in [0.2, 0.25) is 6.33 Å². The molecule has 22 heavy (non-hydrogen) atoms. The van der Waals surface area contributed by atoms with Gasteiger partial charge in [-0.25, -0.2) is 9.13 Å². The lowest BCUT2D eigenvalue weighted by Crippen LogP contribution is -2.28. The smallest absolute Gasteiger partial charge is 0.267 e. The number of phosphoric acid groups is 1. The number of aromatic nitrogens is 2. The van der Waals surface area contributed by atoms with Gasteiger partial charge in [0.05, 0.1) is 26.3 Å². The summed E-state index contributed by atoms with van der Waals surface area (Å²) in [6, 6.07) is 0. The van der Waals surface area contributed by atoms with Crippen molar-refractivity contribution in [3.8, 4) is 0 Å². The fraction of sp³-hybridized carbons (Fsp3) is 0.800. The van der Waals surface area contributed by atoms with E-state index in [2.05, 4.69) is 50.8 Å². The van der Waals surface area contributed by atoms with Crippen molar-refractivity contribution in [3.63, 3.8) is 0 Å². The lowest BCUT2D eigenvalue weighted by molar-refractivity contribution is -0.693. The van der Waals surface area contributed by atoms with E-state index in [9.17, 15) is 9.46 Å². The molecule has 0 aliphatic heterocycles. The number of nitrogens with zero attached hydrogens (tertiary/aromatic N) is 2. The third kappa shape index (κ3) is 11.0. The second-order valence-corrected chi connectivity index (χ2v) is 6.31. The fourth-order valence-electron chi connectivity index (χ4n) is 1.49. The molecular formula is C15H31N2O4P. The van der Waals surface area contributed by atoms with Crippen LogP contribution < -0.4 is 9.46 Å². The Morgan fingerprint density at radius 1 is 1.09 bits per heavy atom. The van der Waals surface area contributed by atoms with Crippen molar-refractivity contribution in [2.45, 2.75) is 66.5 Å². The van der Waals surface area contributed by atoms with Gasteiger partial charge < -0.3 is 13.9 Å². The van der Waals surface area contributed by atoms with E-state index in [0.717, 1.165) is 38.8 Å². The van der Waals surface area contributed by atoms with Crippen LogP contribution in [0.15, 0.2) is 18.7 Å². The summed E-state index contributed by atoms with van der Waals surface area (Å²) in [4.78, 5) is 11.0. The van der Waals surface area contributed by atoms with Crippen molar-refractivity contribution in [1.82, 2.24) is 4.57 Å². The van der Waals surface area contributed by atoms with E-state index in [1.807, 2.05) is 13.8 Å². The lowest BCUT2D eigenvalue weighted by atomic mass is 10.4. The molecule has 0 unspecified atom stereocenters. The Morgan fingerprint density at radius 3 is 1.95 bits per heavy atom. The lowest BCUT2D eigenvalue weighted by Gasteiger charge is -2.22. The summed E-state index contributed by atoms with van der Waals surface area (Å²) in [7, 11) is -4.00. The third-order valence-electron chi connectivity index (χ3n) is 2.97. The van der Waals surface area contributed by atoms with Gasteiger partial charge in [-0.3, -0.25) is 4.57 Å². The van der Waals surface area contributed by atoms with Gasteiger partial charge in [0.1, 0.15) is 12.4 Å². The normalized spacial score (nSPS) is 11.1. The molecule has 0 saturated heterocycles. The minimum Gasteiger partial charge on any atom is -0.756 e. The molecule has 0 saturated carbocycles. The average molecular weight is 334 g/mol. The van der Waals surface area contributed by atoms with Crippen molar-refractivity contribution in [2.24, 2.45) is 0 Å². The number of imidazole rings is 1. The molecular weight excluding hydrogens is 303 g/mol. The second kappa shape index (κ2) is 12.8. The van der Waals surface area contributed by atoms with Crippen molar-refractivity contribution in [2.75, 3.05) is 13.2 Å². The maximum Gasteiger partial charge on any atom is 0.267 e.